The topological polar surface area (TPSA) is 96.0 Å². The van der Waals surface area contributed by atoms with E-state index in [4.69, 9.17) is 16.3 Å². The Labute approximate surface area is 176 Å². The van der Waals surface area contributed by atoms with Crippen molar-refractivity contribution >= 4 is 33.4 Å². The zero-order valence-corrected chi connectivity index (χ0v) is 17.8. The van der Waals surface area contributed by atoms with Crippen LogP contribution in [0.15, 0.2) is 29.2 Å². The molecule has 2 amide bonds. The Bertz CT molecular complexity index is 834. The number of sulfonamides is 1. The number of morpholine rings is 1. The Balaban J connectivity index is 1.43. The van der Waals surface area contributed by atoms with Gasteiger partial charge in [0.1, 0.15) is 4.90 Å². The number of ether oxygens (including phenoxy) is 1. The maximum absolute atomic E-state index is 12.6. The van der Waals surface area contributed by atoms with E-state index in [1.54, 1.807) is 17.0 Å². The number of nitrogens with zero attached hydrogens (tertiary/aromatic N) is 2. The van der Waals surface area contributed by atoms with E-state index in [9.17, 15) is 18.0 Å². The van der Waals surface area contributed by atoms with E-state index in [0.717, 1.165) is 0 Å². The molecule has 0 saturated carbocycles. The SMILES string of the molecule is O=C(CCNS(=O)(=O)c1ccccc1Cl)N1CCC(C(=O)N2CCOCC2)CC1. The summed E-state index contributed by atoms with van der Waals surface area (Å²) in [6.45, 7) is 3.43. The molecular formula is C19H26ClN3O5S. The lowest BCUT2D eigenvalue weighted by molar-refractivity contribution is -0.143. The predicted octanol–water partition coefficient (Wildman–Crippen LogP) is 1.11. The first-order chi connectivity index (χ1) is 13.9. The number of likely N-dealkylation sites (tertiary alicyclic amines) is 1. The second-order valence-corrected chi connectivity index (χ2v) is 9.31. The number of nitrogens with one attached hydrogen (secondary N) is 1. The highest BCUT2D eigenvalue weighted by atomic mass is 35.5. The average Bonchev–Trinajstić information content (AvgIpc) is 2.74. The molecule has 2 saturated heterocycles. The third-order valence-electron chi connectivity index (χ3n) is 5.28. The lowest BCUT2D eigenvalue weighted by Crippen LogP contribution is -2.47. The van der Waals surface area contributed by atoms with Crippen LogP contribution in [0.3, 0.4) is 0 Å². The summed E-state index contributed by atoms with van der Waals surface area (Å²) in [6, 6.07) is 6.17. The first-order valence-electron chi connectivity index (χ1n) is 9.77. The van der Waals surface area contributed by atoms with Crippen LogP contribution in [0, 0.1) is 5.92 Å². The molecule has 0 aliphatic carbocycles. The Kier molecular flexibility index (Phi) is 7.50. The van der Waals surface area contributed by atoms with Crippen LogP contribution in [0.4, 0.5) is 0 Å². The van der Waals surface area contributed by atoms with Gasteiger partial charge in [-0.25, -0.2) is 13.1 Å². The molecule has 1 N–H and O–H groups in total. The van der Waals surface area contributed by atoms with E-state index < -0.39 is 10.0 Å². The maximum atomic E-state index is 12.6. The average molecular weight is 444 g/mol. The van der Waals surface area contributed by atoms with E-state index in [0.29, 0.717) is 52.2 Å². The molecule has 3 rings (SSSR count). The normalized spacial score (nSPS) is 18.7. The summed E-state index contributed by atoms with van der Waals surface area (Å²) in [5, 5.41) is 0.137. The van der Waals surface area contributed by atoms with Crippen LogP contribution in [0.2, 0.25) is 5.02 Å². The molecule has 2 aliphatic rings. The van der Waals surface area contributed by atoms with Gasteiger partial charge < -0.3 is 14.5 Å². The van der Waals surface area contributed by atoms with Crippen molar-refractivity contribution in [1.29, 1.82) is 0 Å². The third kappa shape index (κ3) is 5.69. The number of piperidine rings is 1. The summed E-state index contributed by atoms with van der Waals surface area (Å²) in [5.74, 6) is -0.0343. The van der Waals surface area contributed by atoms with Crippen molar-refractivity contribution in [1.82, 2.24) is 14.5 Å². The van der Waals surface area contributed by atoms with E-state index in [2.05, 4.69) is 4.72 Å². The molecule has 160 valence electrons. The van der Waals surface area contributed by atoms with E-state index in [1.165, 1.54) is 12.1 Å². The van der Waals surface area contributed by atoms with Gasteiger partial charge in [0.25, 0.3) is 0 Å². The Morgan fingerprint density at radius 2 is 1.72 bits per heavy atom. The first kappa shape index (κ1) is 22.0. The zero-order valence-electron chi connectivity index (χ0n) is 16.2. The molecule has 2 fully saturated rings. The van der Waals surface area contributed by atoms with Crippen molar-refractivity contribution in [2.24, 2.45) is 5.92 Å². The first-order valence-corrected chi connectivity index (χ1v) is 11.6. The van der Waals surface area contributed by atoms with Gasteiger partial charge in [-0.2, -0.15) is 0 Å². The van der Waals surface area contributed by atoms with Gasteiger partial charge in [0.15, 0.2) is 0 Å². The van der Waals surface area contributed by atoms with Gasteiger partial charge in [0, 0.05) is 45.1 Å². The van der Waals surface area contributed by atoms with Crippen molar-refractivity contribution in [3.63, 3.8) is 0 Å². The van der Waals surface area contributed by atoms with E-state index in [1.807, 2.05) is 4.90 Å². The molecule has 0 atom stereocenters. The lowest BCUT2D eigenvalue weighted by atomic mass is 9.95. The molecule has 0 bridgehead atoms. The smallest absolute Gasteiger partial charge is 0.242 e. The fourth-order valence-corrected chi connectivity index (χ4v) is 5.16. The Hall–Kier alpha value is -1.68. The minimum absolute atomic E-state index is 0.000966. The van der Waals surface area contributed by atoms with Crippen LogP contribution >= 0.6 is 11.6 Å². The number of rotatable bonds is 6. The van der Waals surface area contributed by atoms with Crippen LogP contribution < -0.4 is 4.72 Å². The summed E-state index contributed by atoms with van der Waals surface area (Å²) in [7, 11) is -3.76. The van der Waals surface area contributed by atoms with E-state index in [-0.39, 0.29) is 40.6 Å². The number of carbonyl (C=O) groups is 2. The summed E-state index contributed by atoms with van der Waals surface area (Å²) in [5.41, 5.74) is 0. The standard InChI is InChI=1S/C19H26ClN3O5S/c20-16-3-1-2-4-17(16)29(26,27)21-8-5-18(24)22-9-6-15(7-10-22)19(25)23-11-13-28-14-12-23/h1-4,15,21H,5-14H2. The van der Waals surface area contributed by atoms with Gasteiger partial charge in [-0.05, 0) is 25.0 Å². The summed E-state index contributed by atoms with van der Waals surface area (Å²) in [4.78, 5) is 28.5. The molecule has 0 radical (unpaired) electrons. The van der Waals surface area contributed by atoms with E-state index >= 15 is 0 Å². The highest BCUT2D eigenvalue weighted by molar-refractivity contribution is 7.89. The number of amides is 2. The van der Waals surface area contributed by atoms with Crippen molar-refractivity contribution in [2.75, 3.05) is 45.9 Å². The third-order valence-corrected chi connectivity index (χ3v) is 7.24. The van der Waals surface area contributed by atoms with Crippen LogP contribution in [-0.2, 0) is 24.3 Å². The van der Waals surface area contributed by atoms with Gasteiger partial charge in [0.2, 0.25) is 21.8 Å². The molecule has 1 aromatic carbocycles. The quantitative estimate of drug-likeness (QED) is 0.710. The van der Waals surface area contributed by atoms with Crippen molar-refractivity contribution in [3.05, 3.63) is 29.3 Å². The molecule has 0 aromatic heterocycles. The fourth-order valence-electron chi connectivity index (χ4n) is 3.61. The van der Waals surface area contributed by atoms with Gasteiger partial charge in [-0.15, -0.1) is 0 Å². The molecule has 1 aromatic rings. The van der Waals surface area contributed by atoms with Gasteiger partial charge in [-0.3, -0.25) is 9.59 Å². The largest absolute Gasteiger partial charge is 0.378 e. The monoisotopic (exact) mass is 443 g/mol. The van der Waals surface area contributed by atoms with Gasteiger partial charge in [-0.1, -0.05) is 23.7 Å². The number of hydrogen-bond acceptors (Lipinski definition) is 5. The number of halogens is 1. The van der Waals surface area contributed by atoms with Crippen molar-refractivity contribution in [3.8, 4) is 0 Å². The fraction of sp³-hybridized carbons (Fsp3) is 0.579. The molecule has 2 aliphatic heterocycles. The lowest BCUT2D eigenvalue weighted by Gasteiger charge is -2.35. The molecule has 8 nitrogen and oxygen atoms in total. The van der Waals surface area contributed by atoms with Gasteiger partial charge in [0.05, 0.1) is 18.2 Å². The highest BCUT2D eigenvalue weighted by Crippen LogP contribution is 2.22. The molecule has 0 unspecified atom stereocenters. The predicted molar refractivity (Wildman–Crippen MR) is 108 cm³/mol. The minimum Gasteiger partial charge on any atom is -0.378 e. The molecular weight excluding hydrogens is 418 g/mol. The van der Waals surface area contributed by atoms with Crippen molar-refractivity contribution in [2.45, 2.75) is 24.2 Å². The maximum Gasteiger partial charge on any atom is 0.242 e. The summed E-state index contributed by atoms with van der Waals surface area (Å²) in [6.07, 6.45) is 1.33. The number of hydrogen-bond donors (Lipinski definition) is 1. The molecule has 29 heavy (non-hydrogen) atoms. The zero-order chi connectivity index (χ0) is 20.9. The van der Waals surface area contributed by atoms with Gasteiger partial charge >= 0.3 is 0 Å². The number of carbonyl (C=O) groups excluding carboxylic acids is 2. The summed E-state index contributed by atoms with van der Waals surface area (Å²) < 4.78 is 32.3. The summed E-state index contributed by atoms with van der Waals surface area (Å²) >= 11 is 5.94. The number of benzene rings is 1. The second-order valence-electron chi connectivity index (χ2n) is 7.17. The minimum atomic E-state index is -3.76. The Morgan fingerprint density at radius 3 is 2.38 bits per heavy atom. The Morgan fingerprint density at radius 1 is 1.07 bits per heavy atom. The highest BCUT2D eigenvalue weighted by Gasteiger charge is 2.30. The van der Waals surface area contributed by atoms with Crippen molar-refractivity contribution < 1.29 is 22.7 Å². The van der Waals surface area contributed by atoms with Crippen LogP contribution in [0.1, 0.15) is 19.3 Å². The van der Waals surface area contributed by atoms with Crippen LogP contribution in [0.25, 0.3) is 0 Å². The molecule has 2 heterocycles. The van der Waals surface area contributed by atoms with Crippen LogP contribution in [0.5, 0.6) is 0 Å². The molecule has 0 spiro atoms. The second kappa shape index (κ2) is 9.88. The van der Waals surface area contributed by atoms with Crippen LogP contribution in [-0.4, -0.2) is 76.0 Å². The molecule has 10 heteroatoms.